The van der Waals surface area contributed by atoms with Gasteiger partial charge in [0, 0.05) is 67.5 Å². The van der Waals surface area contributed by atoms with Gasteiger partial charge in [-0.2, -0.15) is 0 Å². The van der Waals surface area contributed by atoms with Gasteiger partial charge in [-0.15, -0.1) is 0 Å². The minimum atomic E-state index is -0.760. The maximum absolute atomic E-state index is 12.6. The van der Waals surface area contributed by atoms with Crippen molar-refractivity contribution >= 4 is 22.3 Å². The molecule has 2 unspecified atom stereocenters. The van der Waals surface area contributed by atoms with Gasteiger partial charge in [-0.25, -0.2) is 19.6 Å². The largest absolute Gasteiger partial charge is 0.390 e. The van der Waals surface area contributed by atoms with E-state index in [0.717, 1.165) is 9.13 Å². The summed E-state index contributed by atoms with van der Waals surface area (Å²) in [6, 6.07) is 0. The highest BCUT2D eigenvalue weighted by atomic mass is 16.3. The Hall–Kier alpha value is -3.86. The SMILES string of the molecule is Cn1c(=O)c2c(ncn2CC(O)CN2CCN(CC(O)Cn3cnc4c3c(=O)n(C)c(=O)n4C)CC2)n(C)c1=O. The Morgan fingerprint density at radius 3 is 1.32 bits per heavy atom. The van der Waals surface area contributed by atoms with E-state index in [1.165, 1.54) is 35.9 Å². The fourth-order valence-electron chi connectivity index (χ4n) is 5.39. The van der Waals surface area contributed by atoms with Crippen molar-refractivity contribution in [1.82, 2.24) is 47.2 Å². The second-order valence-electron chi connectivity index (χ2n) is 10.5. The van der Waals surface area contributed by atoms with Gasteiger partial charge in [0.15, 0.2) is 22.3 Å². The number of aliphatic hydroxyl groups is 2. The van der Waals surface area contributed by atoms with Gasteiger partial charge in [-0.05, 0) is 0 Å². The molecule has 16 heteroatoms. The lowest BCUT2D eigenvalue weighted by molar-refractivity contribution is 0.0408. The lowest BCUT2D eigenvalue weighted by Crippen LogP contribution is -2.51. The number of aromatic nitrogens is 8. The van der Waals surface area contributed by atoms with E-state index in [4.69, 9.17) is 0 Å². The molecular weight excluding hydrogens is 524 g/mol. The zero-order valence-electron chi connectivity index (χ0n) is 23.0. The number of rotatable bonds is 8. The third-order valence-corrected chi connectivity index (χ3v) is 7.65. The molecule has 1 fully saturated rings. The van der Waals surface area contributed by atoms with E-state index in [1.54, 1.807) is 23.2 Å². The van der Waals surface area contributed by atoms with Crippen molar-refractivity contribution < 1.29 is 10.2 Å². The van der Waals surface area contributed by atoms with Crippen LogP contribution in [0.2, 0.25) is 0 Å². The Morgan fingerprint density at radius 2 is 0.975 bits per heavy atom. The molecule has 16 nitrogen and oxygen atoms in total. The number of aliphatic hydroxyl groups excluding tert-OH is 2. The molecule has 4 aromatic heterocycles. The molecule has 2 atom stereocenters. The first-order chi connectivity index (χ1) is 19.0. The van der Waals surface area contributed by atoms with Crippen LogP contribution in [0.1, 0.15) is 0 Å². The van der Waals surface area contributed by atoms with Crippen LogP contribution >= 0.6 is 0 Å². The summed E-state index contributed by atoms with van der Waals surface area (Å²) >= 11 is 0. The molecule has 0 aromatic carbocycles. The highest BCUT2D eigenvalue weighted by molar-refractivity contribution is 5.70. The highest BCUT2D eigenvalue weighted by Gasteiger charge is 2.23. The molecule has 5 rings (SSSR count). The second-order valence-corrected chi connectivity index (χ2v) is 10.5. The van der Waals surface area contributed by atoms with Crippen LogP contribution in [0.5, 0.6) is 0 Å². The van der Waals surface area contributed by atoms with E-state index in [-0.39, 0.29) is 35.4 Å². The summed E-state index contributed by atoms with van der Waals surface area (Å²) in [7, 11) is 5.93. The van der Waals surface area contributed by atoms with E-state index in [9.17, 15) is 29.4 Å². The van der Waals surface area contributed by atoms with Crippen LogP contribution in [0.25, 0.3) is 22.3 Å². The van der Waals surface area contributed by atoms with Crippen molar-refractivity contribution in [3.8, 4) is 0 Å². The summed E-state index contributed by atoms with van der Waals surface area (Å²) in [5.41, 5.74) is -0.726. The highest BCUT2D eigenvalue weighted by Crippen LogP contribution is 2.11. The van der Waals surface area contributed by atoms with Gasteiger partial charge in [-0.3, -0.25) is 37.7 Å². The third kappa shape index (κ3) is 4.83. The molecule has 0 saturated carbocycles. The van der Waals surface area contributed by atoms with Crippen molar-refractivity contribution in [2.45, 2.75) is 25.3 Å². The van der Waals surface area contributed by atoms with Crippen LogP contribution in [0.3, 0.4) is 0 Å². The molecule has 0 spiro atoms. The zero-order valence-corrected chi connectivity index (χ0v) is 23.0. The zero-order chi connectivity index (χ0) is 28.9. The van der Waals surface area contributed by atoms with E-state index in [0.29, 0.717) is 39.3 Å². The molecule has 40 heavy (non-hydrogen) atoms. The quantitative estimate of drug-likeness (QED) is 0.219. The molecule has 4 aromatic rings. The van der Waals surface area contributed by atoms with Gasteiger partial charge in [0.25, 0.3) is 11.1 Å². The van der Waals surface area contributed by atoms with Gasteiger partial charge in [-0.1, -0.05) is 0 Å². The lowest BCUT2D eigenvalue weighted by Gasteiger charge is -2.36. The minimum Gasteiger partial charge on any atom is -0.390 e. The number of nitrogens with zero attached hydrogens (tertiary/aromatic N) is 10. The van der Waals surface area contributed by atoms with E-state index >= 15 is 0 Å². The number of aryl methyl sites for hydroxylation is 2. The monoisotopic (exact) mass is 558 g/mol. The molecule has 1 aliphatic heterocycles. The van der Waals surface area contributed by atoms with E-state index < -0.39 is 34.7 Å². The standard InChI is InChI=1S/C24H34N10O6/c1-27-19-17(21(37)29(3)23(27)39)33(13-25-19)11-15(35)9-31-5-7-32(8-6-31)10-16(36)12-34-14-26-20-18(34)22(38)30(4)24(40)28(20)2/h13-16,35-36H,5-12H2,1-4H3. The molecule has 5 heterocycles. The molecule has 0 amide bonds. The number of hydrogen-bond donors (Lipinski definition) is 2. The Kier molecular flexibility index (Phi) is 7.34. The smallest absolute Gasteiger partial charge is 0.332 e. The van der Waals surface area contributed by atoms with Crippen LogP contribution in [-0.4, -0.2) is 109 Å². The Morgan fingerprint density at radius 1 is 0.625 bits per heavy atom. The average molecular weight is 559 g/mol. The summed E-state index contributed by atoms with van der Waals surface area (Å²) in [6.07, 6.45) is 1.41. The first-order valence-corrected chi connectivity index (χ1v) is 13.0. The summed E-state index contributed by atoms with van der Waals surface area (Å²) in [6.45, 7) is 3.83. The summed E-state index contributed by atoms with van der Waals surface area (Å²) in [4.78, 5) is 62.2. The average Bonchev–Trinajstić information content (AvgIpc) is 3.54. The molecule has 0 bridgehead atoms. The van der Waals surface area contributed by atoms with Gasteiger partial charge in [0.05, 0.1) is 38.0 Å². The molecule has 1 aliphatic rings. The molecule has 216 valence electrons. The summed E-state index contributed by atoms with van der Waals surface area (Å²) in [5.74, 6) is 0. The van der Waals surface area contributed by atoms with Crippen LogP contribution in [0.4, 0.5) is 0 Å². The molecule has 0 aliphatic carbocycles. The van der Waals surface area contributed by atoms with Crippen molar-refractivity contribution in [2.24, 2.45) is 28.2 Å². The summed E-state index contributed by atoms with van der Waals surface area (Å²) < 4.78 is 7.84. The lowest BCUT2D eigenvalue weighted by atomic mass is 10.2. The first kappa shape index (κ1) is 27.7. The van der Waals surface area contributed by atoms with Crippen LogP contribution in [-0.2, 0) is 41.3 Å². The predicted molar refractivity (Wildman–Crippen MR) is 145 cm³/mol. The fourth-order valence-corrected chi connectivity index (χ4v) is 5.39. The Balaban J connectivity index is 1.16. The van der Waals surface area contributed by atoms with E-state index in [2.05, 4.69) is 19.8 Å². The topological polar surface area (TPSA) is 171 Å². The maximum Gasteiger partial charge on any atom is 0.332 e. The van der Waals surface area contributed by atoms with Gasteiger partial charge in [0.2, 0.25) is 0 Å². The number of β-amino-alcohol motifs (C(OH)–C–C–N with tert-alkyl or cyclic N) is 2. The van der Waals surface area contributed by atoms with Gasteiger partial charge in [0.1, 0.15) is 0 Å². The first-order valence-electron chi connectivity index (χ1n) is 13.0. The van der Waals surface area contributed by atoms with Crippen molar-refractivity contribution in [3.63, 3.8) is 0 Å². The third-order valence-electron chi connectivity index (χ3n) is 7.65. The van der Waals surface area contributed by atoms with Crippen molar-refractivity contribution in [1.29, 1.82) is 0 Å². The minimum absolute atomic E-state index is 0.160. The summed E-state index contributed by atoms with van der Waals surface area (Å²) in [5, 5.41) is 21.5. The molecule has 2 N–H and O–H groups in total. The van der Waals surface area contributed by atoms with Crippen LogP contribution in [0.15, 0.2) is 31.8 Å². The Labute approximate surface area is 227 Å². The number of imidazole rings is 2. The van der Waals surface area contributed by atoms with Gasteiger partial charge >= 0.3 is 11.4 Å². The number of piperazine rings is 1. The van der Waals surface area contributed by atoms with E-state index in [1.807, 2.05) is 0 Å². The predicted octanol–water partition coefficient (Wildman–Crippen LogP) is -3.78. The normalized spacial score (nSPS) is 16.8. The maximum atomic E-state index is 12.6. The molecule has 0 radical (unpaired) electrons. The Bertz CT molecular complexity index is 1670. The van der Waals surface area contributed by atoms with Crippen LogP contribution < -0.4 is 22.5 Å². The molecular formula is C24H34N10O6. The van der Waals surface area contributed by atoms with Crippen LogP contribution in [0, 0.1) is 0 Å². The molecule has 1 saturated heterocycles. The van der Waals surface area contributed by atoms with Gasteiger partial charge < -0.3 is 19.3 Å². The number of fused-ring (bicyclic) bond motifs is 2. The van der Waals surface area contributed by atoms with Crippen molar-refractivity contribution in [3.05, 3.63) is 54.3 Å². The fraction of sp³-hybridized carbons (Fsp3) is 0.583. The van der Waals surface area contributed by atoms with Crippen molar-refractivity contribution in [2.75, 3.05) is 39.3 Å². The number of hydrogen-bond acceptors (Lipinski definition) is 10. The second kappa shape index (κ2) is 10.6.